The predicted molar refractivity (Wildman–Crippen MR) is 131 cm³/mol. The lowest BCUT2D eigenvalue weighted by Gasteiger charge is -2.34. The third-order valence-corrected chi connectivity index (χ3v) is 8.00. The normalized spacial score (nSPS) is 16.0. The molecule has 1 aromatic heterocycles. The zero-order valence-corrected chi connectivity index (χ0v) is 20.8. The molecule has 1 atom stereocenters. The van der Waals surface area contributed by atoms with Crippen molar-refractivity contribution in [3.8, 4) is 0 Å². The molecule has 1 aliphatic heterocycles. The fraction of sp³-hybridized carbons (Fsp3) is 0.524. The van der Waals surface area contributed by atoms with E-state index in [1.54, 1.807) is 17.3 Å². The first-order valence-corrected chi connectivity index (χ1v) is 13.2. The summed E-state index contributed by atoms with van der Waals surface area (Å²) in [6.07, 6.45) is 7.12. The molecule has 5 N–H and O–H groups in total. The summed E-state index contributed by atoms with van der Waals surface area (Å²) in [6.45, 7) is 3.92. The molecule has 2 aromatic rings. The molecule has 0 unspecified atom stereocenters. The maximum Gasteiger partial charge on any atom is 0.241 e. The second-order valence-corrected chi connectivity index (χ2v) is 10.7. The maximum atomic E-state index is 13.3. The summed E-state index contributed by atoms with van der Waals surface area (Å²) in [5, 5.41) is 3.18. The molecule has 0 saturated carbocycles. The van der Waals surface area contributed by atoms with Crippen molar-refractivity contribution in [1.82, 2.24) is 19.6 Å². The highest BCUT2D eigenvalue weighted by molar-refractivity contribution is 7.89. The number of hydrogen-bond donors (Lipinski definition) is 4. The van der Waals surface area contributed by atoms with E-state index < -0.39 is 16.1 Å². The van der Waals surface area contributed by atoms with Crippen LogP contribution in [0.2, 0.25) is 10.0 Å². The lowest BCUT2D eigenvalue weighted by Crippen LogP contribution is -2.50. The van der Waals surface area contributed by atoms with E-state index in [0.717, 1.165) is 19.3 Å². The van der Waals surface area contributed by atoms with Gasteiger partial charge in [-0.1, -0.05) is 36.5 Å². The molecule has 9 nitrogen and oxygen atoms in total. The van der Waals surface area contributed by atoms with Gasteiger partial charge in [0, 0.05) is 32.0 Å². The number of imidazole rings is 1. The Kier molecular flexibility index (Phi) is 8.86. The molecule has 0 aliphatic carbocycles. The van der Waals surface area contributed by atoms with Crippen molar-refractivity contribution in [1.29, 1.82) is 0 Å². The van der Waals surface area contributed by atoms with Crippen LogP contribution in [0.25, 0.3) is 0 Å². The minimum absolute atomic E-state index is 0.0371. The average Bonchev–Trinajstić information content (AvgIpc) is 3.32. The van der Waals surface area contributed by atoms with Gasteiger partial charge in [-0.05, 0) is 43.7 Å². The molecule has 0 radical (unpaired) electrons. The number of anilines is 2. The summed E-state index contributed by atoms with van der Waals surface area (Å²) in [6, 6.07) is 1.55. The molecular formula is C21H30Cl2N6O3S. The van der Waals surface area contributed by atoms with Crippen LogP contribution in [-0.2, 0) is 14.8 Å². The van der Waals surface area contributed by atoms with Crippen LogP contribution in [0, 0.1) is 5.92 Å². The van der Waals surface area contributed by atoms with Gasteiger partial charge in [-0.2, -0.15) is 4.72 Å². The summed E-state index contributed by atoms with van der Waals surface area (Å²) in [5.41, 5.74) is 5.83. The van der Waals surface area contributed by atoms with Gasteiger partial charge in [0.05, 0.1) is 20.6 Å². The molecule has 1 amide bonds. The second kappa shape index (κ2) is 11.4. The standard InChI is InChI=1S/C21H30Cl2N6O3S/c1-2-14-5-10-29(11-6-14)20(30)18(4-3-7-25-21-26-8-9-27-21)28-33(31,32)15-12-16(22)19(24)17(23)13-15/h8-9,12-14,18,28H,2-7,10-11,24H2,1H3,(H2,25,26,27)/t18-/m0/s1. The number of amides is 1. The molecule has 1 saturated heterocycles. The second-order valence-electron chi connectivity index (χ2n) is 8.16. The Balaban J connectivity index is 1.73. The van der Waals surface area contributed by atoms with Crippen LogP contribution < -0.4 is 15.8 Å². The Bertz CT molecular complexity index is 1020. The van der Waals surface area contributed by atoms with E-state index in [-0.39, 0.29) is 26.5 Å². The Morgan fingerprint density at radius 3 is 2.55 bits per heavy atom. The number of piperidine rings is 1. The third-order valence-electron chi connectivity index (χ3n) is 5.92. The molecule has 33 heavy (non-hydrogen) atoms. The summed E-state index contributed by atoms with van der Waals surface area (Å²) in [5.74, 6) is 0.991. The predicted octanol–water partition coefficient (Wildman–Crippen LogP) is 3.49. The van der Waals surface area contributed by atoms with Crippen molar-refractivity contribution in [3.63, 3.8) is 0 Å². The number of carbonyl (C=O) groups excluding carboxylic acids is 1. The van der Waals surface area contributed by atoms with Gasteiger partial charge in [-0.3, -0.25) is 4.79 Å². The van der Waals surface area contributed by atoms with E-state index in [0.29, 0.717) is 44.3 Å². The van der Waals surface area contributed by atoms with Crippen molar-refractivity contribution in [2.24, 2.45) is 5.92 Å². The molecule has 1 fully saturated rings. The van der Waals surface area contributed by atoms with Gasteiger partial charge in [0.25, 0.3) is 0 Å². The van der Waals surface area contributed by atoms with Crippen molar-refractivity contribution in [2.75, 3.05) is 30.7 Å². The van der Waals surface area contributed by atoms with Crippen LogP contribution in [0.3, 0.4) is 0 Å². The smallest absolute Gasteiger partial charge is 0.241 e. The summed E-state index contributed by atoms with van der Waals surface area (Å²) in [4.78, 5) is 21.9. The number of nitrogens with two attached hydrogens (primary N) is 1. The zero-order chi connectivity index (χ0) is 24.0. The van der Waals surface area contributed by atoms with Gasteiger partial charge in [0.2, 0.25) is 15.9 Å². The number of halogens is 2. The van der Waals surface area contributed by atoms with Crippen molar-refractivity contribution in [2.45, 2.75) is 50.0 Å². The number of rotatable bonds is 10. The number of carbonyl (C=O) groups is 1. The number of hydrogen-bond acceptors (Lipinski definition) is 6. The number of likely N-dealkylation sites (tertiary alicyclic amines) is 1. The van der Waals surface area contributed by atoms with Gasteiger partial charge in [0.1, 0.15) is 6.04 Å². The molecular weight excluding hydrogens is 487 g/mol. The van der Waals surface area contributed by atoms with Crippen molar-refractivity contribution < 1.29 is 13.2 Å². The molecule has 1 aromatic carbocycles. The largest absolute Gasteiger partial charge is 0.396 e. The summed E-state index contributed by atoms with van der Waals surface area (Å²) >= 11 is 12.1. The molecule has 0 spiro atoms. The topological polar surface area (TPSA) is 133 Å². The summed E-state index contributed by atoms with van der Waals surface area (Å²) in [7, 11) is -4.06. The van der Waals surface area contributed by atoms with E-state index in [1.165, 1.54) is 12.1 Å². The number of sulfonamides is 1. The van der Waals surface area contributed by atoms with Crippen LogP contribution in [-0.4, -0.2) is 54.9 Å². The molecule has 0 bridgehead atoms. The number of H-pyrrole nitrogens is 1. The zero-order valence-electron chi connectivity index (χ0n) is 18.5. The molecule has 1 aliphatic rings. The molecule has 3 rings (SSSR count). The van der Waals surface area contributed by atoms with Crippen molar-refractivity contribution in [3.05, 3.63) is 34.6 Å². The maximum absolute atomic E-state index is 13.3. The molecule has 12 heteroatoms. The SMILES string of the molecule is CCC1CCN(C(=O)[C@H](CCCNc2ncc[nH]2)NS(=O)(=O)c2cc(Cl)c(N)c(Cl)c2)CC1. The average molecular weight is 517 g/mol. The van der Waals surface area contributed by atoms with Gasteiger partial charge >= 0.3 is 0 Å². The quantitative estimate of drug-likeness (QED) is 0.282. The van der Waals surface area contributed by atoms with Crippen LogP contribution in [0.1, 0.15) is 39.0 Å². The Labute approximate surface area is 204 Å². The van der Waals surface area contributed by atoms with E-state index >= 15 is 0 Å². The summed E-state index contributed by atoms with van der Waals surface area (Å²) < 4.78 is 28.8. The van der Waals surface area contributed by atoms with Gasteiger partial charge in [0.15, 0.2) is 5.95 Å². The number of nitrogens with zero attached hydrogens (tertiary/aromatic N) is 2. The van der Waals surface area contributed by atoms with E-state index in [4.69, 9.17) is 28.9 Å². The van der Waals surface area contributed by atoms with Gasteiger partial charge in [-0.25, -0.2) is 13.4 Å². The Hall–Kier alpha value is -2.01. The number of aromatic nitrogens is 2. The van der Waals surface area contributed by atoms with E-state index in [2.05, 4.69) is 26.9 Å². The molecule has 2 heterocycles. The first-order valence-electron chi connectivity index (χ1n) is 11.0. The highest BCUT2D eigenvalue weighted by Gasteiger charge is 2.31. The number of nitrogen functional groups attached to an aromatic ring is 1. The van der Waals surface area contributed by atoms with Gasteiger partial charge in [-0.15, -0.1) is 0 Å². The van der Waals surface area contributed by atoms with E-state index in [9.17, 15) is 13.2 Å². The van der Waals surface area contributed by atoms with Crippen LogP contribution in [0.4, 0.5) is 11.6 Å². The first kappa shape index (κ1) is 25.6. The highest BCUT2D eigenvalue weighted by atomic mass is 35.5. The monoisotopic (exact) mass is 516 g/mol. The lowest BCUT2D eigenvalue weighted by atomic mass is 9.94. The molecule has 182 valence electrons. The first-order chi connectivity index (χ1) is 15.7. The van der Waals surface area contributed by atoms with Gasteiger partial charge < -0.3 is 20.9 Å². The lowest BCUT2D eigenvalue weighted by molar-refractivity contribution is -0.134. The Morgan fingerprint density at radius 2 is 1.97 bits per heavy atom. The number of benzene rings is 1. The fourth-order valence-corrected chi connectivity index (χ4v) is 5.75. The van der Waals surface area contributed by atoms with Crippen molar-refractivity contribution >= 4 is 50.8 Å². The van der Waals surface area contributed by atoms with Crippen LogP contribution >= 0.6 is 23.2 Å². The van der Waals surface area contributed by atoms with E-state index in [1.807, 2.05) is 0 Å². The number of aromatic amines is 1. The fourth-order valence-electron chi connectivity index (χ4n) is 3.86. The minimum Gasteiger partial charge on any atom is -0.396 e. The highest BCUT2D eigenvalue weighted by Crippen LogP contribution is 2.31. The third kappa shape index (κ3) is 6.75. The van der Waals surface area contributed by atoms with Crippen LogP contribution in [0.15, 0.2) is 29.4 Å². The minimum atomic E-state index is -4.06. The van der Waals surface area contributed by atoms with Crippen LogP contribution in [0.5, 0.6) is 0 Å². The number of nitrogens with one attached hydrogen (secondary N) is 3. The Morgan fingerprint density at radius 1 is 1.30 bits per heavy atom.